The first-order valence-corrected chi connectivity index (χ1v) is 7.27. The number of carboxylic acids is 1. The van der Waals surface area contributed by atoms with Crippen LogP contribution in [0.4, 0.5) is 4.79 Å². The number of rotatable bonds is 13. The zero-order valence-corrected chi connectivity index (χ0v) is 13.5. The molecule has 0 saturated carbocycles. The Morgan fingerprint density at radius 1 is 1.00 bits per heavy atom. The van der Waals surface area contributed by atoms with Gasteiger partial charge in [0.2, 0.25) is 0 Å². The predicted molar refractivity (Wildman–Crippen MR) is 78.9 cm³/mol. The number of carbonyl (C=O) groups is 2. The molecule has 22 heavy (non-hydrogen) atoms. The number of amides is 1. The van der Waals surface area contributed by atoms with E-state index in [1.165, 1.54) is 0 Å². The molecule has 0 aliphatic rings. The molecule has 0 aromatic rings. The average molecular weight is 321 g/mol. The minimum Gasteiger partial charge on any atom is -0.480 e. The van der Waals surface area contributed by atoms with Gasteiger partial charge in [-0.05, 0) is 12.3 Å². The normalized spacial score (nSPS) is 12.2. The Morgan fingerprint density at radius 3 is 2.05 bits per heavy atom. The average Bonchev–Trinajstić information content (AvgIpc) is 2.44. The summed E-state index contributed by atoms with van der Waals surface area (Å²) < 4.78 is 20.0. The van der Waals surface area contributed by atoms with E-state index in [0.717, 1.165) is 0 Å². The first kappa shape index (κ1) is 20.6. The van der Waals surface area contributed by atoms with Gasteiger partial charge in [-0.1, -0.05) is 13.8 Å². The van der Waals surface area contributed by atoms with E-state index in [1.54, 1.807) is 7.11 Å². The molecule has 0 bridgehead atoms. The second-order valence-corrected chi connectivity index (χ2v) is 5.02. The molecule has 0 aliphatic carbocycles. The van der Waals surface area contributed by atoms with Crippen molar-refractivity contribution in [3.63, 3.8) is 0 Å². The molecule has 0 fully saturated rings. The first-order chi connectivity index (χ1) is 10.5. The summed E-state index contributed by atoms with van der Waals surface area (Å²) >= 11 is 0. The van der Waals surface area contributed by atoms with E-state index >= 15 is 0 Å². The van der Waals surface area contributed by atoms with Crippen molar-refractivity contribution in [1.82, 2.24) is 5.32 Å². The zero-order chi connectivity index (χ0) is 16.8. The van der Waals surface area contributed by atoms with Crippen molar-refractivity contribution in [2.24, 2.45) is 5.92 Å². The van der Waals surface area contributed by atoms with Crippen LogP contribution in [-0.4, -0.2) is 70.0 Å². The molecule has 8 heteroatoms. The number of carboxylic acid groups (broad SMARTS) is 1. The highest BCUT2D eigenvalue weighted by Gasteiger charge is 2.21. The van der Waals surface area contributed by atoms with Crippen molar-refractivity contribution in [1.29, 1.82) is 0 Å². The Morgan fingerprint density at radius 2 is 1.55 bits per heavy atom. The third kappa shape index (κ3) is 12.4. The van der Waals surface area contributed by atoms with Gasteiger partial charge in [-0.25, -0.2) is 9.59 Å². The van der Waals surface area contributed by atoms with Crippen molar-refractivity contribution in [3.05, 3.63) is 0 Å². The first-order valence-electron chi connectivity index (χ1n) is 7.27. The summed E-state index contributed by atoms with van der Waals surface area (Å²) in [6.07, 6.45) is -0.410. The van der Waals surface area contributed by atoms with E-state index in [2.05, 4.69) is 5.32 Å². The lowest BCUT2D eigenvalue weighted by molar-refractivity contribution is -0.139. The van der Waals surface area contributed by atoms with Crippen LogP contribution in [0.5, 0.6) is 0 Å². The summed E-state index contributed by atoms with van der Waals surface area (Å²) in [7, 11) is 1.60. The number of alkyl carbamates (subject to hydrolysis) is 1. The molecule has 0 spiro atoms. The molecule has 1 atom stereocenters. The molecule has 8 nitrogen and oxygen atoms in total. The lowest BCUT2D eigenvalue weighted by atomic mass is 10.0. The van der Waals surface area contributed by atoms with E-state index < -0.39 is 18.1 Å². The van der Waals surface area contributed by atoms with Crippen molar-refractivity contribution in [2.75, 3.05) is 46.8 Å². The van der Waals surface area contributed by atoms with Gasteiger partial charge in [0.25, 0.3) is 0 Å². The van der Waals surface area contributed by atoms with E-state index in [-0.39, 0.29) is 19.1 Å². The Balaban J connectivity index is 3.61. The summed E-state index contributed by atoms with van der Waals surface area (Å²) in [6.45, 7) is 5.90. The largest absolute Gasteiger partial charge is 0.480 e. The number of nitrogens with one attached hydrogen (secondary N) is 1. The smallest absolute Gasteiger partial charge is 0.407 e. The molecule has 0 saturated heterocycles. The quantitative estimate of drug-likeness (QED) is 0.486. The maximum absolute atomic E-state index is 11.5. The second kappa shape index (κ2) is 13.3. The molecule has 0 radical (unpaired) electrons. The summed E-state index contributed by atoms with van der Waals surface area (Å²) in [5.74, 6) is -0.919. The Hall–Kier alpha value is -1.38. The van der Waals surface area contributed by atoms with Crippen molar-refractivity contribution < 1.29 is 33.6 Å². The minimum atomic E-state index is -1.07. The summed E-state index contributed by atoms with van der Waals surface area (Å²) in [5, 5.41) is 11.3. The maximum atomic E-state index is 11.5. The van der Waals surface area contributed by atoms with Gasteiger partial charge in [0, 0.05) is 7.11 Å². The van der Waals surface area contributed by atoms with E-state index in [4.69, 9.17) is 24.1 Å². The Labute approximate surface area is 131 Å². The van der Waals surface area contributed by atoms with Crippen LogP contribution < -0.4 is 5.32 Å². The van der Waals surface area contributed by atoms with Gasteiger partial charge in [0.05, 0.1) is 33.0 Å². The summed E-state index contributed by atoms with van der Waals surface area (Å²) in [5.41, 5.74) is 0. The second-order valence-electron chi connectivity index (χ2n) is 5.02. The third-order valence-electron chi connectivity index (χ3n) is 2.56. The van der Waals surface area contributed by atoms with E-state index in [9.17, 15) is 9.59 Å². The molecular weight excluding hydrogens is 294 g/mol. The van der Waals surface area contributed by atoms with Crippen LogP contribution in [0, 0.1) is 5.92 Å². The Kier molecular flexibility index (Phi) is 12.5. The van der Waals surface area contributed by atoms with Crippen molar-refractivity contribution in [3.8, 4) is 0 Å². The van der Waals surface area contributed by atoms with Gasteiger partial charge < -0.3 is 29.4 Å². The number of ether oxygens (including phenoxy) is 4. The molecule has 130 valence electrons. The standard InChI is InChI=1S/C14H27NO7/c1-11(2)10-12(13(16)17)15-14(18)22-9-8-21-7-6-20-5-4-19-3/h11-12H,4-10H2,1-3H3,(H,15,18)(H,16,17)/t12-/m0/s1. The number of hydrogen-bond donors (Lipinski definition) is 2. The highest BCUT2D eigenvalue weighted by atomic mass is 16.6. The minimum absolute atomic E-state index is 0.0535. The predicted octanol–water partition coefficient (Wildman–Crippen LogP) is 0.892. The summed E-state index contributed by atoms with van der Waals surface area (Å²) in [6, 6.07) is -0.942. The number of aliphatic carboxylic acids is 1. The van der Waals surface area contributed by atoms with E-state index in [1.807, 2.05) is 13.8 Å². The molecular formula is C14H27NO7. The number of carbonyl (C=O) groups excluding carboxylic acids is 1. The molecule has 1 amide bonds. The van der Waals surface area contributed by atoms with Crippen LogP contribution in [0.2, 0.25) is 0 Å². The fraction of sp³-hybridized carbons (Fsp3) is 0.857. The number of methoxy groups -OCH3 is 1. The highest BCUT2D eigenvalue weighted by Crippen LogP contribution is 2.05. The lowest BCUT2D eigenvalue weighted by Crippen LogP contribution is -2.42. The molecule has 0 rings (SSSR count). The van der Waals surface area contributed by atoms with Crippen LogP contribution in [0.1, 0.15) is 20.3 Å². The van der Waals surface area contributed by atoms with Crippen molar-refractivity contribution in [2.45, 2.75) is 26.3 Å². The van der Waals surface area contributed by atoms with Crippen LogP contribution in [-0.2, 0) is 23.7 Å². The fourth-order valence-electron chi connectivity index (χ4n) is 1.53. The molecule has 0 aromatic heterocycles. The number of hydrogen-bond acceptors (Lipinski definition) is 6. The van der Waals surface area contributed by atoms with Crippen LogP contribution >= 0.6 is 0 Å². The molecule has 0 heterocycles. The van der Waals surface area contributed by atoms with Gasteiger partial charge in [0.15, 0.2) is 0 Å². The fourth-order valence-corrected chi connectivity index (χ4v) is 1.53. The monoisotopic (exact) mass is 321 g/mol. The molecule has 2 N–H and O–H groups in total. The van der Waals surface area contributed by atoms with Crippen LogP contribution in [0.25, 0.3) is 0 Å². The van der Waals surface area contributed by atoms with Gasteiger partial charge in [-0.3, -0.25) is 0 Å². The van der Waals surface area contributed by atoms with Gasteiger partial charge in [-0.2, -0.15) is 0 Å². The zero-order valence-electron chi connectivity index (χ0n) is 13.5. The summed E-state index contributed by atoms with van der Waals surface area (Å²) in [4.78, 5) is 22.4. The SMILES string of the molecule is COCCOCCOCCOC(=O)N[C@@H](CC(C)C)C(=O)O. The van der Waals surface area contributed by atoms with Gasteiger partial charge in [0.1, 0.15) is 12.6 Å². The Bertz CT molecular complexity index is 310. The lowest BCUT2D eigenvalue weighted by Gasteiger charge is -2.16. The maximum Gasteiger partial charge on any atom is 0.407 e. The van der Waals surface area contributed by atoms with Gasteiger partial charge >= 0.3 is 12.1 Å². The highest BCUT2D eigenvalue weighted by molar-refractivity contribution is 5.79. The molecule has 0 unspecified atom stereocenters. The van der Waals surface area contributed by atoms with Crippen LogP contribution in [0.3, 0.4) is 0 Å². The third-order valence-corrected chi connectivity index (χ3v) is 2.56. The molecule has 0 aromatic carbocycles. The van der Waals surface area contributed by atoms with Crippen molar-refractivity contribution >= 4 is 12.1 Å². The molecule has 0 aliphatic heterocycles. The van der Waals surface area contributed by atoms with Crippen LogP contribution in [0.15, 0.2) is 0 Å². The van der Waals surface area contributed by atoms with E-state index in [0.29, 0.717) is 32.8 Å². The van der Waals surface area contributed by atoms with Gasteiger partial charge in [-0.15, -0.1) is 0 Å². The topological polar surface area (TPSA) is 103 Å².